The smallest absolute Gasteiger partial charge is 0.142 e. The van der Waals surface area contributed by atoms with Crippen molar-refractivity contribution in [1.29, 1.82) is 0 Å². The van der Waals surface area contributed by atoms with E-state index in [2.05, 4.69) is 21.2 Å². The Morgan fingerprint density at radius 3 is 2.58 bits per heavy atom. The molecular formula is C15H14BrClFN. The second-order valence-corrected chi connectivity index (χ2v) is 5.82. The maximum atomic E-state index is 13.4. The molecule has 0 aliphatic rings. The zero-order chi connectivity index (χ0) is 14.0. The number of halogens is 3. The Morgan fingerprint density at radius 2 is 1.95 bits per heavy atom. The molecule has 0 bridgehead atoms. The van der Waals surface area contributed by atoms with Gasteiger partial charge in [0.25, 0.3) is 0 Å². The molecule has 19 heavy (non-hydrogen) atoms. The van der Waals surface area contributed by atoms with Crippen LogP contribution in [0.2, 0.25) is 5.02 Å². The van der Waals surface area contributed by atoms with E-state index < -0.39 is 0 Å². The molecule has 0 aliphatic carbocycles. The highest BCUT2D eigenvalue weighted by Crippen LogP contribution is 2.26. The Balaban J connectivity index is 2.20. The van der Waals surface area contributed by atoms with Crippen LogP contribution in [-0.4, -0.2) is 0 Å². The summed E-state index contributed by atoms with van der Waals surface area (Å²) in [6.45, 7) is 4.02. The van der Waals surface area contributed by atoms with Crippen LogP contribution < -0.4 is 5.32 Å². The van der Waals surface area contributed by atoms with Crippen LogP contribution >= 0.6 is 27.5 Å². The van der Waals surface area contributed by atoms with Gasteiger partial charge in [0.15, 0.2) is 0 Å². The third-order valence-corrected chi connectivity index (χ3v) is 3.80. The van der Waals surface area contributed by atoms with Crippen molar-refractivity contribution < 1.29 is 4.39 Å². The lowest BCUT2D eigenvalue weighted by atomic mass is 10.1. The molecular weight excluding hydrogens is 329 g/mol. The van der Waals surface area contributed by atoms with Crippen LogP contribution in [0.4, 0.5) is 10.1 Å². The second-order valence-electron chi connectivity index (χ2n) is 4.50. The fourth-order valence-corrected chi connectivity index (χ4v) is 2.48. The van der Waals surface area contributed by atoms with Crippen LogP contribution in [0, 0.1) is 12.7 Å². The molecule has 0 aromatic heterocycles. The van der Waals surface area contributed by atoms with E-state index in [4.69, 9.17) is 11.6 Å². The van der Waals surface area contributed by atoms with Crippen molar-refractivity contribution in [1.82, 2.24) is 0 Å². The average molecular weight is 343 g/mol. The van der Waals surface area contributed by atoms with E-state index in [0.29, 0.717) is 0 Å². The van der Waals surface area contributed by atoms with Gasteiger partial charge in [-0.25, -0.2) is 4.39 Å². The van der Waals surface area contributed by atoms with Crippen molar-refractivity contribution in [2.45, 2.75) is 19.9 Å². The molecule has 1 atom stereocenters. The second kappa shape index (κ2) is 5.93. The molecule has 0 radical (unpaired) electrons. The zero-order valence-electron chi connectivity index (χ0n) is 10.7. The minimum absolute atomic E-state index is 0.00615. The highest BCUT2D eigenvalue weighted by molar-refractivity contribution is 9.10. The highest BCUT2D eigenvalue weighted by Gasteiger charge is 2.09. The van der Waals surface area contributed by atoms with E-state index in [0.717, 1.165) is 21.3 Å². The van der Waals surface area contributed by atoms with Crippen LogP contribution in [0.3, 0.4) is 0 Å². The van der Waals surface area contributed by atoms with Gasteiger partial charge < -0.3 is 5.32 Å². The van der Waals surface area contributed by atoms with Gasteiger partial charge >= 0.3 is 0 Å². The van der Waals surface area contributed by atoms with E-state index in [9.17, 15) is 4.39 Å². The maximum Gasteiger partial charge on any atom is 0.142 e. The van der Waals surface area contributed by atoms with Crippen molar-refractivity contribution in [2.75, 3.05) is 5.32 Å². The Morgan fingerprint density at radius 1 is 1.21 bits per heavy atom. The summed E-state index contributed by atoms with van der Waals surface area (Å²) in [5, 5.41) is 3.52. The van der Waals surface area contributed by atoms with Gasteiger partial charge in [0.1, 0.15) is 5.82 Å². The molecule has 0 spiro atoms. The van der Waals surface area contributed by atoms with Crippen molar-refractivity contribution in [2.24, 2.45) is 0 Å². The lowest BCUT2D eigenvalue weighted by Crippen LogP contribution is -2.08. The summed E-state index contributed by atoms with van der Waals surface area (Å²) in [4.78, 5) is 0. The van der Waals surface area contributed by atoms with Gasteiger partial charge in [0, 0.05) is 16.2 Å². The largest absolute Gasteiger partial charge is 0.378 e. The Labute approximate surface area is 125 Å². The van der Waals surface area contributed by atoms with Crippen LogP contribution in [0.5, 0.6) is 0 Å². The summed E-state index contributed by atoms with van der Waals surface area (Å²) in [6, 6.07) is 10.9. The van der Waals surface area contributed by atoms with Crippen LogP contribution in [0.1, 0.15) is 24.1 Å². The van der Waals surface area contributed by atoms with Gasteiger partial charge in [-0.15, -0.1) is 0 Å². The van der Waals surface area contributed by atoms with Crippen molar-refractivity contribution in [3.8, 4) is 0 Å². The average Bonchev–Trinajstić information content (AvgIpc) is 2.36. The molecule has 100 valence electrons. The third kappa shape index (κ3) is 3.48. The summed E-state index contributed by atoms with van der Waals surface area (Å²) in [7, 11) is 0. The molecule has 1 unspecified atom stereocenters. The summed E-state index contributed by atoms with van der Waals surface area (Å²) >= 11 is 9.12. The number of hydrogen-bond donors (Lipinski definition) is 1. The molecule has 0 heterocycles. The lowest BCUT2D eigenvalue weighted by molar-refractivity contribution is 0.624. The number of hydrogen-bond acceptors (Lipinski definition) is 1. The number of benzene rings is 2. The predicted molar refractivity (Wildman–Crippen MR) is 82.3 cm³/mol. The Kier molecular flexibility index (Phi) is 4.48. The Hall–Kier alpha value is -1.06. The van der Waals surface area contributed by atoms with E-state index >= 15 is 0 Å². The van der Waals surface area contributed by atoms with E-state index in [-0.39, 0.29) is 16.9 Å². The van der Waals surface area contributed by atoms with Crippen molar-refractivity contribution in [3.05, 3.63) is 62.8 Å². The lowest BCUT2D eigenvalue weighted by Gasteiger charge is -2.18. The van der Waals surface area contributed by atoms with Crippen LogP contribution in [0.15, 0.2) is 40.9 Å². The quantitative estimate of drug-likeness (QED) is 0.752. The molecule has 0 saturated carbocycles. The molecule has 4 heteroatoms. The van der Waals surface area contributed by atoms with Gasteiger partial charge in [-0.3, -0.25) is 0 Å². The molecule has 0 amide bonds. The highest BCUT2D eigenvalue weighted by atomic mass is 79.9. The van der Waals surface area contributed by atoms with Gasteiger partial charge in [-0.1, -0.05) is 33.6 Å². The zero-order valence-corrected chi connectivity index (χ0v) is 13.0. The van der Waals surface area contributed by atoms with E-state index in [1.54, 1.807) is 6.07 Å². The first-order chi connectivity index (χ1) is 8.97. The predicted octanol–water partition coefficient (Wildman–Crippen LogP) is 5.72. The molecule has 0 saturated heterocycles. The summed E-state index contributed by atoms with van der Waals surface area (Å²) in [5.74, 6) is -0.389. The summed E-state index contributed by atoms with van der Waals surface area (Å²) in [5.41, 5.74) is 3.03. The fourth-order valence-electron chi connectivity index (χ4n) is 1.89. The van der Waals surface area contributed by atoms with Gasteiger partial charge in [0.05, 0.1) is 5.02 Å². The summed E-state index contributed by atoms with van der Waals surface area (Å²) < 4.78 is 14.5. The van der Waals surface area contributed by atoms with Crippen LogP contribution in [0.25, 0.3) is 0 Å². The Bertz CT molecular complexity index is 601. The first-order valence-electron chi connectivity index (χ1n) is 5.95. The van der Waals surface area contributed by atoms with Crippen molar-refractivity contribution >= 4 is 33.2 Å². The number of rotatable bonds is 3. The molecule has 0 fully saturated rings. The van der Waals surface area contributed by atoms with Crippen molar-refractivity contribution in [3.63, 3.8) is 0 Å². The standard InChI is InChI=1S/C15H14BrClFN/c1-9-7-12(16)4-6-15(9)19-10(2)11-3-5-13(17)14(18)8-11/h3-8,10,19H,1-2H3. The molecule has 1 N–H and O–H groups in total. The molecule has 2 aromatic rings. The summed E-state index contributed by atoms with van der Waals surface area (Å²) in [6.07, 6.45) is 0. The minimum Gasteiger partial charge on any atom is -0.378 e. The molecule has 0 aliphatic heterocycles. The molecule has 2 aromatic carbocycles. The first kappa shape index (κ1) is 14.4. The van der Waals surface area contributed by atoms with Crippen LogP contribution in [-0.2, 0) is 0 Å². The molecule has 2 rings (SSSR count). The topological polar surface area (TPSA) is 12.0 Å². The number of aryl methyl sites for hydroxylation is 1. The third-order valence-electron chi connectivity index (χ3n) is 3.00. The van der Waals surface area contributed by atoms with E-state index in [1.165, 1.54) is 6.07 Å². The van der Waals surface area contributed by atoms with Gasteiger partial charge in [-0.2, -0.15) is 0 Å². The van der Waals surface area contributed by atoms with Gasteiger partial charge in [0.2, 0.25) is 0 Å². The maximum absolute atomic E-state index is 13.4. The normalized spacial score (nSPS) is 12.3. The fraction of sp³-hybridized carbons (Fsp3) is 0.200. The number of nitrogens with one attached hydrogen (secondary N) is 1. The minimum atomic E-state index is -0.389. The number of anilines is 1. The van der Waals surface area contributed by atoms with E-state index in [1.807, 2.05) is 38.1 Å². The van der Waals surface area contributed by atoms with Gasteiger partial charge in [-0.05, 0) is 55.3 Å². The first-order valence-corrected chi connectivity index (χ1v) is 7.12. The SMILES string of the molecule is Cc1cc(Br)ccc1NC(C)c1ccc(Cl)c(F)c1. The monoisotopic (exact) mass is 341 g/mol. The molecule has 1 nitrogen and oxygen atoms in total.